The van der Waals surface area contributed by atoms with Crippen molar-refractivity contribution in [3.8, 4) is 5.75 Å². The van der Waals surface area contributed by atoms with Crippen molar-refractivity contribution in [1.29, 1.82) is 0 Å². The molecule has 1 atom stereocenters. The van der Waals surface area contributed by atoms with Crippen LogP contribution in [0.2, 0.25) is 0 Å². The predicted molar refractivity (Wildman–Crippen MR) is 89.3 cm³/mol. The molecule has 0 radical (unpaired) electrons. The maximum absolute atomic E-state index is 11.9. The van der Waals surface area contributed by atoms with E-state index in [1.165, 1.54) is 0 Å². The van der Waals surface area contributed by atoms with Crippen molar-refractivity contribution in [1.82, 2.24) is 10.3 Å². The molecule has 2 rings (SSSR count). The van der Waals surface area contributed by atoms with Crippen LogP contribution in [0.1, 0.15) is 26.3 Å². The first kappa shape index (κ1) is 17.7. The van der Waals surface area contributed by atoms with E-state index in [9.17, 15) is 14.7 Å². The average molecular weight is 334 g/mol. The van der Waals surface area contributed by atoms with Crippen LogP contribution in [0.5, 0.6) is 5.75 Å². The number of aliphatic carboxylic acids is 1. The fraction of sp³-hybridized carbons (Fsp3) is 0.412. The molecule has 0 fully saturated rings. The molecular weight excluding hydrogens is 312 g/mol. The van der Waals surface area contributed by atoms with Gasteiger partial charge < -0.3 is 24.9 Å². The second kappa shape index (κ2) is 6.82. The lowest BCUT2D eigenvalue weighted by molar-refractivity contribution is -0.139. The lowest BCUT2D eigenvalue weighted by atomic mass is 10.0. The molecule has 7 heteroatoms. The summed E-state index contributed by atoms with van der Waals surface area (Å²) in [6, 6.07) is 4.41. The first-order valence-electron chi connectivity index (χ1n) is 7.56. The largest absolute Gasteiger partial charge is 0.496 e. The molecule has 1 aromatic carbocycles. The zero-order valence-electron chi connectivity index (χ0n) is 14.2. The molecule has 0 unspecified atom stereocenters. The Kier molecular flexibility index (Phi) is 5.02. The molecule has 1 amide bonds. The van der Waals surface area contributed by atoms with Gasteiger partial charge in [-0.15, -0.1) is 0 Å². The number of H-pyrrole nitrogens is 1. The van der Waals surface area contributed by atoms with Gasteiger partial charge in [0.15, 0.2) is 0 Å². The Balaban J connectivity index is 2.23. The smallest absolute Gasteiger partial charge is 0.408 e. The number of aromatic nitrogens is 1. The summed E-state index contributed by atoms with van der Waals surface area (Å²) in [6.07, 6.45) is 1.07. The molecule has 130 valence electrons. The van der Waals surface area contributed by atoms with Crippen LogP contribution in [0.15, 0.2) is 24.4 Å². The van der Waals surface area contributed by atoms with E-state index in [1.54, 1.807) is 40.1 Å². The fourth-order valence-corrected chi connectivity index (χ4v) is 2.42. The molecule has 0 aliphatic carbocycles. The van der Waals surface area contributed by atoms with Crippen LogP contribution in [-0.4, -0.2) is 40.9 Å². The fourth-order valence-electron chi connectivity index (χ4n) is 2.42. The number of benzene rings is 1. The van der Waals surface area contributed by atoms with Crippen molar-refractivity contribution in [3.63, 3.8) is 0 Å². The van der Waals surface area contributed by atoms with Crippen molar-refractivity contribution in [2.24, 2.45) is 0 Å². The monoisotopic (exact) mass is 334 g/mol. The van der Waals surface area contributed by atoms with Crippen LogP contribution in [0.25, 0.3) is 10.9 Å². The Morgan fingerprint density at radius 3 is 2.62 bits per heavy atom. The summed E-state index contributed by atoms with van der Waals surface area (Å²) >= 11 is 0. The van der Waals surface area contributed by atoms with E-state index < -0.39 is 23.7 Å². The van der Waals surface area contributed by atoms with Crippen molar-refractivity contribution in [2.75, 3.05) is 7.11 Å². The summed E-state index contributed by atoms with van der Waals surface area (Å²) in [5.41, 5.74) is 0.883. The van der Waals surface area contributed by atoms with Crippen LogP contribution in [0, 0.1) is 0 Å². The topological polar surface area (TPSA) is 101 Å². The van der Waals surface area contributed by atoms with Crippen LogP contribution in [0.4, 0.5) is 4.79 Å². The Bertz CT molecular complexity index is 745. The Morgan fingerprint density at radius 1 is 1.33 bits per heavy atom. The standard InChI is InChI=1S/C17H22N2O5/c1-17(2,3)24-16(22)19-12(15(20)21)8-10-9-18-11-6-5-7-13(23-4)14(10)11/h5-7,9,12,18H,8H2,1-4H3,(H,19,22)(H,20,21)/t12-/m0/s1. The number of hydrogen-bond donors (Lipinski definition) is 3. The highest BCUT2D eigenvalue weighted by Gasteiger charge is 2.25. The third-order valence-electron chi connectivity index (χ3n) is 3.38. The molecule has 0 aliphatic heterocycles. The third kappa shape index (κ3) is 4.18. The number of aromatic amines is 1. The van der Waals surface area contributed by atoms with Crippen LogP contribution in [-0.2, 0) is 16.0 Å². The SMILES string of the molecule is COc1cccc2[nH]cc(C[C@H](NC(=O)OC(C)(C)C)C(=O)O)c12. The normalized spacial score (nSPS) is 12.7. The van der Waals surface area contributed by atoms with Gasteiger partial charge in [-0.2, -0.15) is 0 Å². The molecule has 1 heterocycles. The summed E-state index contributed by atoms with van der Waals surface area (Å²) in [5, 5.41) is 12.6. The van der Waals surface area contributed by atoms with Gasteiger partial charge in [-0.05, 0) is 38.5 Å². The Hall–Kier alpha value is -2.70. The molecular formula is C17H22N2O5. The van der Waals surface area contributed by atoms with Gasteiger partial charge in [0.05, 0.1) is 7.11 Å². The van der Waals surface area contributed by atoms with Gasteiger partial charge in [0.2, 0.25) is 0 Å². The number of rotatable bonds is 5. The summed E-state index contributed by atoms with van der Waals surface area (Å²) in [7, 11) is 1.55. The number of fused-ring (bicyclic) bond motifs is 1. The highest BCUT2D eigenvalue weighted by atomic mass is 16.6. The third-order valence-corrected chi connectivity index (χ3v) is 3.38. The minimum Gasteiger partial charge on any atom is -0.496 e. The molecule has 2 aromatic rings. The molecule has 0 aliphatic rings. The molecule has 1 aromatic heterocycles. The van der Waals surface area contributed by atoms with Crippen molar-refractivity contribution in [3.05, 3.63) is 30.0 Å². The second-order valence-corrected chi connectivity index (χ2v) is 6.44. The van der Waals surface area contributed by atoms with Gasteiger partial charge >= 0.3 is 12.1 Å². The molecule has 0 saturated carbocycles. The minimum absolute atomic E-state index is 0.106. The van der Waals surface area contributed by atoms with E-state index in [1.807, 2.05) is 12.1 Å². The zero-order chi connectivity index (χ0) is 17.9. The highest BCUT2D eigenvalue weighted by molar-refractivity contribution is 5.90. The van der Waals surface area contributed by atoms with Gasteiger partial charge in [-0.1, -0.05) is 6.07 Å². The number of amides is 1. The van der Waals surface area contributed by atoms with Crippen molar-refractivity contribution in [2.45, 2.75) is 38.8 Å². The van der Waals surface area contributed by atoms with Gasteiger partial charge in [0.25, 0.3) is 0 Å². The summed E-state index contributed by atoms with van der Waals surface area (Å²) in [4.78, 5) is 26.4. The zero-order valence-corrected chi connectivity index (χ0v) is 14.2. The number of carboxylic acids is 1. The molecule has 0 bridgehead atoms. The maximum Gasteiger partial charge on any atom is 0.408 e. The van der Waals surface area contributed by atoms with Crippen LogP contribution >= 0.6 is 0 Å². The summed E-state index contributed by atoms with van der Waals surface area (Å²) < 4.78 is 10.5. The van der Waals surface area contributed by atoms with E-state index in [4.69, 9.17) is 9.47 Å². The van der Waals surface area contributed by atoms with Gasteiger partial charge in [0.1, 0.15) is 17.4 Å². The lowest BCUT2D eigenvalue weighted by Crippen LogP contribution is -2.44. The quantitative estimate of drug-likeness (QED) is 0.780. The van der Waals surface area contributed by atoms with E-state index in [-0.39, 0.29) is 6.42 Å². The lowest BCUT2D eigenvalue weighted by Gasteiger charge is -2.22. The van der Waals surface area contributed by atoms with Crippen LogP contribution < -0.4 is 10.1 Å². The number of carbonyl (C=O) groups is 2. The number of alkyl carbamates (subject to hydrolysis) is 1. The minimum atomic E-state index is -1.13. The molecule has 0 spiro atoms. The Labute approximate surface area is 140 Å². The highest BCUT2D eigenvalue weighted by Crippen LogP contribution is 2.29. The maximum atomic E-state index is 11.9. The predicted octanol–water partition coefficient (Wildman–Crippen LogP) is 2.70. The van der Waals surface area contributed by atoms with Gasteiger partial charge in [-0.3, -0.25) is 0 Å². The number of methoxy groups -OCH3 is 1. The van der Waals surface area contributed by atoms with E-state index in [0.29, 0.717) is 5.75 Å². The van der Waals surface area contributed by atoms with Crippen LogP contribution in [0.3, 0.4) is 0 Å². The number of hydrogen-bond acceptors (Lipinski definition) is 4. The molecule has 24 heavy (non-hydrogen) atoms. The Morgan fingerprint density at radius 2 is 2.04 bits per heavy atom. The van der Waals surface area contributed by atoms with E-state index in [0.717, 1.165) is 16.5 Å². The van der Waals surface area contributed by atoms with E-state index in [2.05, 4.69) is 10.3 Å². The summed E-state index contributed by atoms with van der Waals surface area (Å²) in [5.74, 6) is -0.490. The number of carbonyl (C=O) groups excluding carboxylic acids is 1. The second-order valence-electron chi connectivity index (χ2n) is 6.44. The van der Waals surface area contributed by atoms with Gasteiger partial charge in [-0.25, -0.2) is 9.59 Å². The average Bonchev–Trinajstić information content (AvgIpc) is 2.87. The molecule has 3 N–H and O–H groups in total. The van der Waals surface area contributed by atoms with Crippen molar-refractivity contribution < 1.29 is 24.2 Å². The first-order chi connectivity index (χ1) is 11.2. The number of carboxylic acid groups (broad SMARTS) is 1. The summed E-state index contributed by atoms with van der Waals surface area (Å²) in [6.45, 7) is 5.15. The number of nitrogens with one attached hydrogen (secondary N) is 2. The first-order valence-corrected chi connectivity index (χ1v) is 7.56. The van der Waals surface area contributed by atoms with E-state index >= 15 is 0 Å². The van der Waals surface area contributed by atoms with Crippen molar-refractivity contribution >= 4 is 23.0 Å². The molecule has 0 saturated heterocycles. The molecule has 7 nitrogen and oxygen atoms in total. The number of ether oxygens (including phenoxy) is 2. The van der Waals surface area contributed by atoms with Gasteiger partial charge in [0, 0.05) is 23.5 Å².